The van der Waals surface area contributed by atoms with E-state index in [1.807, 2.05) is 24.7 Å². The molecule has 0 aliphatic rings. The summed E-state index contributed by atoms with van der Waals surface area (Å²) in [4.78, 5) is 12.4. The van der Waals surface area contributed by atoms with Crippen LogP contribution in [0.3, 0.4) is 0 Å². The summed E-state index contributed by atoms with van der Waals surface area (Å²) in [6, 6.07) is 5.70. The lowest BCUT2D eigenvalue weighted by atomic mass is 9.96. The molecule has 0 aliphatic heterocycles. The summed E-state index contributed by atoms with van der Waals surface area (Å²) < 4.78 is 2.07. The van der Waals surface area contributed by atoms with Crippen LogP contribution in [0.4, 0.5) is 0 Å². The minimum Gasteiger partial charge on any atom is -0.337 e. The highest BCUT2D eigenvalue weighted by atomic mass is 35.5. The van der Waals surface area contributed by atoms with Crippen molar-refractivity contribution < 1.29 is 10.3 Å². The van der Waals surface area contributed by atoms with Crippen molar-refractivity contribution in [3.63, 3.8) is 0 Å². The molecular formula is C13H15Cl2N3O3. The van der Waals surface area contributed by atoms with Gasteiger partial charge in [-0.15, -0.1) is 10.1 Å². The zero-order valence-electron chi connectivity index (χ0n) is 11.3. The quantitative estimate of drug-likeness (QED) is 0.677. The number of halogens is 2. The molecule has 0 saturated carbocycles. The SMILES string of the molecule is CCC(Cn1ccnc1)c1ccc(Cl)cc1Cl.O=[N+]([O-])O. The van der Waals surface area contributed by atoms with Crippen LogP contribution in [0.15, 0.2) is 36.9 Å². The lowest BCUT2D eigenvalue weighted by Crippen LogP contribution is -2.07. The average molecular weight is 332 g/mol. The highest BCUT2D eigenvalue weighted by molar-refractivity contribution is 6.35. The Balaban J connectivity index is 0.000000491. The smallest absolute Gasteiger partial charge is 0.291 e. The highest BCUT2D eigenvalue weighted by Gasteiger charge is 2.13. The van der Waals surface area contributed by atoms with Crippen LogP contribution in [-0.4, -0.2) is 19.8 Å². The molecule has 1 aromatic carbocycles. The van der Waals surface area contributed by atoms with Crippen molar-refractivity contribution in [3.8, 4) is 0 Å². The summed E-state index contributed by atoms with van der Waals surface area (Å²) in [5, 5.41) is 15.1. The number of hydrogen-bond donors (Lipinski definition) is 1. The molecule has 1 aromatic heterocycles. The van der Waals surface area contributed by atoms with Crippen LogP contribution in [0.1, 0.15) is 24.8 Å². The van der Waals surface area contributed by atoms with E-state index >= 15 is 0 Å². The summed E-state index contributed by atoms with van der Waals surface area (Å²) in [5.41, 5.74) is 1.15. The van der Waals surface area contributed by atoms with Crippen LogP contribution in [0.5, 0.6) is 0 Å². The minimum absolute atomic E-state index is 0.383. The Morgan fingerprint density at radius 1 is 1.48 bits per heavy atom. The molecule has 8 heteroatoms. The summed E-state index contributed by atoms with van der Waals surface area (Å²) in [5.74, 6) is 0.383. The first-order valence-corrected chi connectivity index (χ1v) is 6.93. The van der Waals surface area contributed by atoms with Crippen molar-refractivity contribution in [1.29, 1.82) is 0 Å². The third-order valence-electron chi connectivity index (χ3n) is 2.89. The molecule has 114 valence electrons. The van der Waals surface area contributed by atoms with Crippen molar-refractivity contribution in [1.82, 2.24) is 9.55 Å². The van der Waals surface area contributed by atoms with Crippen molar-refractivity contribution in [3.05, 3.63) is 62.6 Å². The fraction of sp³-hybridized carbons (Fsp3) is 0.308. The Morgan fingerprint density at radius 3 is 2.62 bits per heavy atom. The standard InChI is InChI=1S/C13H14Cl2N2.HNO3/c1-2-10(8-17-6-5-16-9-17)12-4-3-11(14)7-13(12)15;2-1(3)4/h3-7,9-10H,2,8H2,1H3;(H,2,3,4). The highest BCUT2D eigenvalue weighted by Crippen LogP contribution is 2.30. The second-order valence-electron chi connectivity index (χ2n) is 4.27. The third-order valence-corrected chi connectivity index (χ3v) is 3.45. The van der Waals surface area contributed by atoms with Gasteiger partial charge in [0.15, 0.2) is 0 Å². The molecule has 6 nitrogen and oxygen atoms in total. The van der Waals surface area contributed by atoms with Gasteiger partial charge in [0.25, 0.3) is 5.09 Å². The largest absolute Gasteiger partial charge is 0.337 e. The molecule has 0 amide bonds. The van der Waals surface area contributed by atoms with Gasteiger partial charge in [-0.05, 0) is 24.1 Å². The van der Waals surface area contributed by atoms with Crippen LogP contribution < -0.4 is 0 Å². The molecule has 0 radical (unpaired) electrons. The number of nitrogens with zero attached hydrogens (tertiary/aromatic N) is 3. The molecule has 1 unspecified atom stereocenters. The lowest BCUT2D eigenvalue weighted by molar-refractivity contribution is -0.742. The van der Waals surface area contributed by atoms with Gasteiger partial charge in [-0.2, -0.15) is 0 Å². The Hall–Kier alpha value is -1.79. The zero-order chi connectivity index (χ0) is 15.8. The second-order valence-corrected chi connectivity index (χ2v) is 5.11. The van der Waals surface area contributed by atoms with E-state index in [1.54, 1.807) is 12.3 Å². The van der Waals surface area contributed by atoms with Gasteiger partial charge in [0, 0.05) is 34.9 Å². The number of rotatable bonds is 4. The number of aromatic nitrogens is 2. The van der Waals surface area contributed by atoms with Gasteiger partial charge >= 0.3 is 0 Å². The van der Waals surface area contributed by atoms with E-state index < -0.39 is 5.09 Å². The van der Waals surface area contributed by atoms with E-state index in [-0.39, 0.29) is 0 Å². The van der Waals surface area contributed by atoms with Crippen LogP contribution in [0.2, 0.25) is 10.0 Å². The predicted octanol–water partition coefficient (Wildman–Crippen LogP) is 4.04. The lowest BCUT2D eigenvalue weighted by Gasteiger charge is -2.17. The van der Waals surface area contributed by atoms with Crippen molar-refractivity contribution >= 4 is 23.2 Å². The van der Waals surface area contributed by atoms with E-state index in [4.69, 9.17) is 38.5 Å². The maximum Gasteiger partial charge on any atom is 0.291 e. The van der Waals surface area contributed by atoms with Crippen LogP contribution in [-0.2, 0) is 6.54 Å². The van der Waals surface area contributed by atoms with Gasteiger partial charge in [0.1, 0.15) is 0 Å². The monoisotopic (exact) mass is 331 g/mol. The first-order chi connectivity index (χ1) is 9.93. The normalized spacial score (nSPS) is 11.4. The summed E-state index contributed by atoms with van der Waals surface area (Å²) >= 11 is 12.1. The molecule has 0 aliphatic carbocycles. The Labute approximate surface area is 132 Å². The first-order valence-electron chi connectivity index (χ1n) is 6.18. The number of benzene rings is 1. The number of imidazole rings is 1. The molecule has 21 heavy (non-hydrogen) atoms. The fourth-order valence-electron chi connectivity index (χ4n) is 1.93. The van der Waals surface area contributed by atoms with Crippen molar-refractivity contribution in [2.45, 2.75) is 25.8 Å². The molecule has 1 atom stereocenters. The Morgan fingerprint density at radius 2 is 2.14 bits per heavy atom. The van der Waals surface area contributed by atoms with Crippen LogP contribution in [0.25, 0.3) is 0 Å². The van der Waals surface area contributed by atoms with Gasteiger partial charge in [0.2, 0.25) is 0 Å². The average Bonchev–Trinajstić information content (AvgIpc) is 2.89. The molecule has 1 N–H and O–H groups in total. The summed E-state index contributed by atoms with van der Waals surface area (Å²) in [7, 11) is 0. The summed E-state index contributed by atoms with van der Waals surface area (Å²) in [6.07, 6.45) is 6.61. The Bertz CT molecular complexity index is 572. The number of hydrogen-bond acceptors (Lipinski definition) is 3. The van der Waals surface area contributed by atoms with Gasteiger partial charge < -0.3 is 9.77 Å². The first kappa shape index (κ1) is 17.3. The van der Waals surface area contributed by atoms with Crippen molar-refractivity contribution in [2.24, 2.45) is 0 Å². The van der Waals surface area contributed by atoms with Crippen LogP contribution >= 0.6 is 23.2 Å². The minimum atomic E-state index is -1.50. The summed E-state index contributed by atoms with van der Waals surface area (Å²) in [6.45, 7) is 3.05. The van der Waals surface area contributed by atoms with E-state index in [9.17, 15) is 0 Å². The van der Waals surface area contributed by atoms with E-state index in [2.05, 4.69) is 16.5 Å². The van der Waals surface area contributed by atoms with E-state index in [1.165, 1.54) is 0 Å². The topological polar surface area (TPSA) is 81.2 Å². The molecule has 0 saturated heterocycles. The molecule has 2 aromatic rings. The molecule has 0 bridgehead atoms. The third kappa shape index (κ3) is 6.01. The van der Waals surface area contributed by atoms with Gasteiger partial charge in [-0.1, -0.05) is 36.2 Å². The fourth-order valence-corrected chi connectivity index (χ4v) is 2.49. The zero-order valence-corrected chi connectivity index (χ0v) is 12.8. The Kier molecular flexibility index (Phi) is 6.98. The maximum absolute atomic E-state index is 8.36. The molecule has 1 heterocycles. The second kappa shape index (κ2) is 8.49. The molecular weight excluding hydrogens is 317 g/mol. The predicted molar refractivity (Wildman–Crippen MR) is 80.5 cm³/mol. The van der Waals surface area contributed by atoms with Gasteiger partial charge in [-0.25, -0.2) is 4.98 Å². The van der Waals surface area contributed by atoms with E-state index in [0.29, 0.717) is 10.9 Å². The molecule has 0 fully saturated rings. The van der Waals surface area contributed by atoms with Crippen molar-refractivity contribution in [2.75, 3.05) is 0 Å². The van der Waals surface area contributed by atoms with Gasteiger partial charge in [0.05, 0.1) is 6.33 Å². The maximum atomic E-state index is 8.36. The van der Waals surface area contributed by atoms with Gasteiger partial charge in [-0.3, -0.25) is 0 Å². The molecule has 0 spiro atoms. The van der Waals surface area contributed by atoms with E-state index in [0.717, 1.165) is 23.6 Å². The van der Waals surface area contributed by atoms with Crippen LogP contribution in [0, 0.1) is 10.1 Å². The molecule has 2 rings (SSSR count).